The Hall–Kier alpha value is -2.55. The molecule has 3 aromatic rings. The molecule has 2 heterocycles. The SMILES string of the molecule is CCc1ccc(C)c(-c2csc(NC(=O)c3ccc(S(=O)(=O)N4CCCCC4)cc3)n2)c1. The third-order valence-corrected chi connectivity index (χ3v) is 8.45. The van der Waals surface area contributed by atoms with Crippen LogP contribution < -0.4 is 5.32 Å². The molecule has 1 aromatic heterocycles. The van der Waals surface area contributed by atoms with Crippen LogP contribution in [0.25, 0.3) is 11.3 Å². The number of hydrogen-bond donors (Lipinski definition) is 1. The summed E-state index contributed by atoms with van der Waals surface area (Å²) in [6.07, 6.45) is 3.78. The Labute approximate surface area is 193 Å². The topological polar surface area (TPSA) is 79.4 Å². The van der Waals surface area contributed by atoms with E-state index in [2.05, 4.69) is 35.4 Å². The number of amides is 1. The average molecular weight is 470 g/mol. The quantitative estimate of drug-likeness (QED) is 0.544. The predicted octanol–water partition coefficient (Wildman–Crippen LogP) is 5.11. The molecule has 0 bridgehead atoms. The van der Waals surface area contributed by atoms with Gasteiger partial charge in [0.05, 0.1) is 10.6 Å². The highest BCUT2D eigenvalue weighted by molar-refractivity contribution is 7.89. The molecule has 32 heavy (non-hydrogen) atoms. The van der Waals surface area contributed by atoms with E-state index in [0.29, 0.717) is 23.8 Å². The molecule has 168 valence electrons. The van der Waals surface area contributed by atoms with E-state index in [9.17, 15) is 13.2 Å². The van der Waals surface area contributed by atoms with Crippen molar-refractivity contribution in [2.75, 3.05) is 18.4 Å². The van der Waals surface area contributed by atoms with Gasteiger partial charge in [0.25, 0.3) is 5.91 Å². The summed E-state index contributed by atoms with van der Waals surface area (Å²) in [4.78, 5) is 17.5. The molecule has 1 aliphatic rings. The summed E-state index contributed by atoms with van der Waals surface area (Å²) in [5.74, 6) is -0.313. The van der Waals surface area contributed by atoms with Crippen molar-refractivity contribution in [1.82, 2.24) is 9.29 Å². The van der Waals surface area contributed by atoms with Gasteiger partial charge in [-0.2, -0.15) is 4.31 Å². The van der Waals surface area contributed by atoms with Crippen molar-refractivity contribution in [1.29, 1.82) is 0 Å². The lowest BCUT2D eigenvalue weighted by Gasteiger charge is -2.25. The number of rotatable bonds is 6. The molecule has 0 unspecified atom stereocenters. The van der Waals surface area contributed by atoms with Crippen LogP contribution in [0.15, 0.2) is 52.7 Å². The molecule has 1 aliphatic heterocycles. The summed E-state index contributed by atoms with van der Waals surface area (Å²) < 4.78 is 27.1. The minimum absolute atomic E-state index is 0.221. The summed E-state index contributed by atoms with van der Waals surface area (Å²) in [5.41, 5.74) is 4.66. The maximum absolute atomic E-state index is 12.8. The second kappa shape index (κ2) is 9.52. The first-order chi connectivity index (χ1) is 15.4. The summed E-state index contributed by atoms with van der Waals surface area (Å²) in [7, 11) is -3.51. The highest BCUT2D eigenvalue weighted by atomic mass is 32.2. The van der Waals surface area contributed by atoms with E-state index in [1.165, 1.54) is 33.3 Å². The smallest absolute Gasteiger partial charge is 0.257 e. The second-order valence-corrected chi connectivity index (χ2v) is 10.8. The number of aryl methyl sites for hydroxylation is 2. The van der Waals surface area contributed by atoms with Crippen molar-refractivity contribution in [2.45, 2.75) is 44.4 Å². The van der Waals surface area contributed by atoms with Gasteiger partial charge in [0.15, 0.2) is 5.13 Å². The molecule has 1 amide bonds. The Morgan fingerprint density at radius 1 is 1.09 bits per heavy atom. The number of nitrogens with one attached hydrogen (secondary N) is 1. The number of hydrogen-bond acceptors (Lipinski definition) is 5. The summed E-state index contributed by atoms with van der Waals surface area (Å²) in [6, 6.07) is 12.5. The maximum atomic E-state index is 12.8. The summed E-state index contributed by atoms with van der Waals surface area (Å²) >= 11 is 1.37. The van der Waals surface area contributed by atoms with E-state index in [1.807, 2.05) is 12.3 Å². The van der Waals surface area contributed by atoms with Gasteiger partial charge in [0.1, 0.15) is 0 Å². The van der Waals surface area contributed by atoms with Gasteiger partial charge in [0, 0.05) is 29.6 Å². The van der Waals surface area contributed by atoms with Crippen molar-refractivity contribution < 1.29 is 13.2 Å². The number of anilines is 1. The lowest BCUT2D eigenvalue weighted by Crippen LogP contribution is -2.35. The van der Waals surface area contributed by atoms with Crippen molar-refractivity contribution in [3.8, 4) is 11.3 Å². The third-order valence-electron chi connectivity index (χ3n) is 5.78. The van der Waals surface area contributed by atoms with Crippen LogP contribution in [-0.2, 0) is 16.4 Å². The van der Waals surface area contributed by atoms with Crippen LogP contribution in [0.2, 0.25) is 0 Å². The van der Waals surface area contributed by atoms with Gasteiger partial charge in [0.2, 0.25) is 10.0 Å². The number of thiazole rings is 1. The van der Waals surface area contributed by atoms with Gasteiger partial charge >= 0.3 is 0 Å². The van der Waals surface area contributed by atoms with Crippen LogP contribution in [0.5, 0.6) is 0 Å². The lowest BCUT2D eigenvalue weighted by molar-refractivity contribution is 0.102. The molecular weight excluding hydrogens is 442 g/mol. The van der Waals surface area contributed by atoms with Gasteiger partial charge in [-0.1, -0.05) is 25.5 Å². The first-order valence-electron chi connectivity index (χ1n) is 10.9. The van der Waals surface area contributed by atoms with Crippen LogP contribution in [0.4, 0.5) is 5.13 Å². The van der Waals surface area contributed by atoms with E-state index >= 15 is 0 Å². The fourth-order valence-electron chi connectivity index (χ4n) is 3.82. The minimum Gasteiger partial charge on any atom is -0.298 e. The van der Waals surface area contributed by atoms with Crippen molar-refractivity contribution in [3.63, 3.8) is 0 Å². The number of sulfonamides is 1. The fraction of sp³-hybridized carbons (Fsp3) is 0.333. The summed E-state index contributed by atoms with van der Waals surface area (Å²) in [5, 5.41) is 5.27. The highest BCUT2D eigenvalue weighted by Crippen LogP contribution is 2.29. The minimum atomic E-state index is -3.51. The Kier molecular flexibility index (Phi) is 6.74. The van der Waals surface area contributed by atoms with Crippen LogP contribution in [0.1, 0.15) is 47.7 Å². The lowest BCUT2D eigenvalue weighted by atomic mass is 10.0. The zero-order chi connectivity index (χ0) is 22.7. The molecule has 1 fully saturated rings. The first kappa shape index (κ1) is 22.6. The molecule has 2 aromatic carbocycles. The van der Waals surface area contributed by atoms with Crippen LogP contribution in [0.3, 0.4) is 0 Å². The molecule has 0 atom stereocenters. The maximum Gasteiger partial charge on any atom is 0.257 e. The van der Waals surface area contributed by atoms with E-state index in [4.69, 9.17) is 0 Å². The number of piperidine rings is 1. The number of aromatic nitrogens is 1. The standard InChI is InChI=1S/C24H27N3O3S2/c1-3-18-8-7-17(2)21(15-18)22-16-31-24(25-22)26-23(28)19-9-11-20(12-10-19)32(29,30)27-13-5-4-6-14-27/h7-12,15-16H,3-6,13-14H2,1-2H3,(H,25,26,28). The Morgan fingerprint density at radius 2 is 1.81 bits per heavy atom. The molecule has 8 heteroatoms. The third kappa shape index (κ3) is 4.77. The molecule has 6 nitrogen and oxygen atoms in total. The monoisotopic (exact) mass is 469 g/mol. The highest BCUT2D eigenvalue weighted by Gasteiger charge is 2.26. The average Bonchev–Trinajstić information content (AvgIpc) is 3.28. The normalized spacial score (nSPS) is 14.9. The number of carbonyl (C=O) groups excluding carboxylic acids is 1. The van der Waals surface area contributed by atoms with Crippen LogP contribution in [0, 0.1) is 6.92 Å². The van der Waals surface area contributed by atoms with Gasteiger partial charge in [-0.3, -0.25) is 10.1 Å². The molecule has 0 spiro atoms. The molecular formula is C24H27N3O3S2. The van der Waals surface area contributed by atoms with Crippen LogP contribution >= 0.6 is 11.3 Å². The van der Waals surface area contributed by atoms with Gasteiger partial charge in [-0.25, -0.2) is 13.4 Å². The van der Waals surface area contributed by atoms with Gasteiger partial charge < -0.3 is 0 Å². The molecule has 1 N–H and O–H groups in total. The Morgan fingerprint density at radius 3 is 2.50 bits per heavy atom. The van der Waals surface area contributed by atoms with Crippen LogP contribution in [-0.4, -0.2) is 36.7 Å². The number of carbonyl (C=O) groups is 1. The molecule has 0 aliphatic carbocycles. The number of benzene rings is 2. The zero-order valence-corrected chi connectivity index (χ0v) is 19.9. The predicted molar refractivity (Wildman–Crippen MR) is 129 cm³/mol. The molecule has 1 saturated heterocycles. The van der Waals surface area contributed by atoms with Crippen molar-refractivity contribution >= 4 is 32.4 Å². The Bertz CT molecular complexity index is 1210. The Balaban J connectivity index is 1.47. The molecule has 4 rings (SSSR count). The van der Waals surface area contributed by atoms with Gasteiger partial charge in [-0.15, -0.1) is 11.3 Å². The zero-order valence-electron chi connectivity index (χ0n) is 18.3. The number of nitrogens with zero attached hydrogens (tertiary/aromatic N) is 2. The second-order valence-electron chi connectivity index (χ2n) is 7.98. The fourth-order valence-corrected chi connectivity index (χ4v) is 6.04. The molecule has 0 radical (unpaired) electrons. The van der Waals surface area contributed by atoms with E-state index in [1.54, 1.807) is 12.1 Å². The molecule has 0 saturated carbocycles. The van der Waals surface area contributed by atoms with Crippen molar-refractivity contribution in [3.05, 3.63) is 64.5 Å². The van der Waals surface area contributed by atoms with E-state index in [0.717, 1.165) is 42.5 Å². The van der Waals surface area contributed by atoms with E-state index in [-0.39, 0.29) is 10.8 Å². The van der Waals surface area contributed by atoms with Crippen molar-refractivity contribution in [2.24, 2.45) is 0 Å². The largest absolute Gasteiger partial charge is 0.298 e. The summed E-state index contributed by atoms with van der Waals surface area (Å²) in [6.45, 7) is 5.27. The first-order valence-corrected chi connectivity index (χ1v) is 13.2. The van der Waals surface area contributed by atoms with E-state index < -0.39 is 10.0 Å². The van der Waals surface area contributed by atoms with Gasteiger partial charge in [-0.05, 0) is 67.6 Å².